The molecule has 0 fully saturated rings. The molecule has 1 aromatic rings. The average molecular weight is 339 g/mol. The molecule has 1 aromatic heterocycles. The molecule has 0 aliphatic heterocycles. The van der Waals surface area contributed by atoms with E-state index in [0.29, 0.717) is 0 Å². The van der Waals surface area contributed by atoms with Crippen molar-refractivity contribution in [3.05, 3.63) is 16.5 Å². The summed E-state index contributed by atoms with van der Waals surface area (Å²) in [5.74, 6) is -0.555. The van der Waals surface area contributed by atoms with Crippen molar-refractivity contribution in [2.45, 2.75) is 37.6 Å². The smallest absolute Gasteiger partial charge is 0.287 e. The zero-order valence-corrected chi connectivity index (χ0v) is 12.5. The summed E-state index contributed by atoms with van der Waals surface area (Å²) in [6.07, 6.45) is 1.77. The fraction of sp³-hybridized carbons (Fsp3) is 0.500. The first-order valence-corrected chi connectivity index (χ1v) is 7.72. The van der Waals surface area contributed by atoms with E-state index in [1.54, 1.807) is 0 Å². The minimum Gasteiger partial charge on any atom is -0.443 e. The molecule has 0 aromatic carbocycles. The normalized spacial score (nSPS) is 13.3. The van der Waals surface area contributed by atoms with Crippen LogP contribution in [0.1, 0.15) is 37.2 Å². The third-order valence-corrected chi connectivity index (χ3v) is 4.05. The highest BCUT2D eigenvalue weighted by atomic mass is 79.9. The molecular weight excluding hydrogens is 324 g/mol. The second-order valence-electron chi connectivity index (χ2n) is 3.96. The van der Waals surface area contributed by atoms with Crippen molar-refractivity contribution in [1.82, 2.24) is 5.32 Å². The number of hydrogen-bond acceptors (Lipinski definition) is 4. The number of halogens is 1. The molecule has 1 heterocycles. The lowest BCUT2D eigenvalue weighted by molar-refractivity contribution is 0.0909. The quantitative estimate of drug-likeness (QED) is 0.851. The van der Waals surface area contributed by atoms with Gasteiger partial charge in [0.15, 0.2) is 10.4 Å². The lowest BCUT2D eigenvalue weighted by Crippen LogP contribution is -2.32. The third-order valence-electron chi connectivity index (χ3n) is 2.28. The molecule has 6 nitrogen and oxygen atoms in total. The van der Waals surface area contributed by atoms with Gasteiger partial charge in [0.1, 0.15) is 4.90 Å². The Balaban J connectivity index is 2.89. The molecule has 0 bridgehead atoms. The van der Waals surface area contributed by atoms with Crippen LogP contribution >= 0.6 is 15.9 Å². The molecule has 102 valence electrons. The molecule has 0 spiro atoms. The summed E-state index contributed by atoms with van der Waals surface area (Å²) in [4.78, 5) is 11.5. The van der Waals surface area contributed by atoms with Gasteiger partial charge in [0.05, 0.1) is 0 Å². The van der Waals surface area contributed by atoms with E-state index in [1.165, 1.54) is 0 Å². The van der Waals surface area contributed by atoms with Crippen LogP contribution in [0.25, 0.3) is 0 Å². The maximum atomic E-state index is 11.8. The lowest BCUT2D eigenvalue weighted by Gasteiger charge is -2.10. The van der Waals surface area contributed by atoms with E-state index >= 15 is 0 Å². The van der Waals surface area contributed by atoms with Crippen molar-refractivity contribution >= 4 is 31.9 Å². The number of furan rings is 1. The molecular formula is C10H15BrN2O4S. The number of nitrogens with one attached hydrogen (secondary N) is 1. The third kappa shape index (κ3) is 3.82. The zero-order valence-electron chi connectivity index (χ0n) is 10.1. The Morgan fingerprint density at radius 1 is 1.61 bits per heavy atom. The van der Waals surface area contributed by atoms with Crippen molar-refractivity contribution in [1.29, 1.82) is 0 Å². The molecule has 1 atom stereocenters. The second kappa shape index (κ2) is 5.85. The van der Waals surface area contributed by atoms with Gasteiger partial charge in [-0.25, -0.2) is 13.6 Å². The SMILES string of the molecule is CCCC(C)NC(=O)c1cc(S(N)(=O)=O)c(Br)o1. The Hall–Kier alpha value is -0.860. The molecule has 1 unspecified atom stereocenters. The summed E-state index contributed by atoms with van der Waals surface area (Å²) in [6.45, 7) is 3.87. The van der Waals surface area contributed by atoms with E-state index in [9.17, 15) is 13.2 Å². The van der Waals surface area contributed by atoms with Crippen LogP contribution in [0.5, 0.6) is 0 Å². The largest absolute Gasteiger partial charge is 0.443 e. The average Bonchev–Trinajstić information content (AvgIpc) is 2.60. The van der Waals surface area contributed by atoms with E-state index in [-0.39, 0.29) is 21.4 Å². The highest BCUT2D eigenvalue weighted by Crippen LogP contribution is 2.25. The monoisotopic (exact) mass is 338 g/mol. The van der Waals surface area contributed by atoms with Crippen molar-refractivity contribution in [2.75, 3.05) is 0 Å². The van der Waals surface area contributed by atoms with Gasteiger partial charge in [0.2, 0.25) is 10.0 Å². The van der Waals surface area contributed by atoms with E-state index in [0.717, 1.165) is 18.9 Å². The first-order valence-electron chi connectivity index (χ1n) is 5.38. The first-order chi connectivity index (χ1) is 8.25. The maximum Gasteiger partial charge on any atom is 0.287 e. The Morgan fingerprint density at radius 3 is 2.67 bits per heavy atom. The van der Waals surface area contributed by atoms with Crippen LogP contribution in [0.2, 0.25) is 0 Å². The predicted octanol–water partition coefficient (Wildman–Crippen LogP) is 1.61. The van der Waals surface area contributed by atoms with Gasteiger partial charge in [-0.3, -0.25) is 4.79 Å². The molecule has 0 radical (unpaired) electrons. The second-order valence-corrected chi connectivity index (χ2v) is 6.21. The Kier molecular flexibility index (Phi) is 4.94. The number of carbonyl (C=O) groups excluding carboxylic acids is 1. The summed E-state index contributed by atoms with van der Waals surface area (Å²) in [5, 5.41) is 7.67. The van der Waals surface area contributed by atoms with Crippen LogP contribution in [-0.2, 0) is 10.0 Å². The number of hydrogen-bond donors (Lipinski definition) is 2. The Bertz CT molecular complexity index is 538. The van der Waals surface area contributed by atoms with Gasteiger partial charge >= 0.3 is 0 Å². The highest BCUT2D eigenvalue weighted by molar-refractivity contribution is 9.10. The summed E-state index contributed by atoms with van der Waals surface area (Å²) in [6, 6.07) is 1.09. The molecule has 0 saturated carbocycles. The first kappa shape index (κ1) is 15.2. The Labute approximate surface area is 114 Å². The molecule has 1 amide bonds. The minimum atomic E-state index is -3.91. The minimum absolute atomic E-state index is 0.00990. The summed E-state index contributed by atoms with van der Waals surface area (Å²) >= 11 is 2.91. The number of nitrogens with two attached hydrogens (primary N) is 1. The van der Waals surface area contributed by atoms with Crippen molar-refractivity contribution in [3.8, 4) is 0 Å². The lowest BCUT2D eigenvalue weighted by atomic mass is 10.2. The van der Waals surface area contributed by atoms with Crippen LogP contribution in [0, 0.1) is 0 Å². The van der Waals surface area contributed by atoms with Gasteiger partial charge in [0.25, 0.3) is 5.91 Å². The van der Waals surface area contributed by atoms with Gasteiger partial charge in [-0.15, -0.1) is 0 Å². The van der Waals surface area contributed by atoms with Gasteiger partial charge in [-0.1, -0.05) is 13.3 Å². The summed E-state index contributed by atoms with van der Waals surface area (Å²) < 4.78 is 27.3. The fourth-order valence-corrected chi connectivity index (χ4v) is 2.96. The number of carbonyl (C=O) groups is 1. The van der Waals surface area contributed by atoms with Crippen molar-refractivity contribution < 1.29 is 17.6 Å². The highest BCUT2D eigenvalue weighted by Gasteiger charge is 2.22. The molecule has 0 aliphatic carbocycles. The van der Waals surface area contributed by atoms with E-state index < -0.39 is 15.9 Å². The standard InChI is InChI=1S/C10H15BrN2O4S/c1-3-4-6(2)13-10(14)7-5-8(9(11)17-7)18(12,15)16/h5-6H,3-4H2,1-2H3,(H,13,14)(H2,12,15,16). The van der Waals surface area contributed by atoms with E-state index in [2.05, 4.69) is 21.2 Å². The van der Waals surface area contributed by atoms with Crippen LogP contribution < -0.4 is 10.5 Å². The van der Waals surface area contributed by atoms with Crippen LogP contribution in [-0.4, -0.2) is 20.4 Å². The topological polar surface area (TPSA) is 102 Å². The summed E-state index contributed by atoms with van der Waals surface area (Å²) in [7, 11) is -3.91. The molecule has 1 rings (SSSR count). The van der Waals surface area contributed by atoms with Gasteiger partial charge in [-0.05, 0) is 29.3 Å². The van der Waals surface area contributed by atoms with Gasteiger partial charge in [0, 0.05) is 12.1 Å². The Morgan fingerprint density at radius 2 is 2.22 bits per heavy atom. The van der Waals surface area contributed by atoms with Crippen molar-refractivity contribution in [2.24, 2.45) is 5.14 Å². The molecule has 0 aliphatic rings. The van der Waals surface area contributed by atoms with E-state index in [4.69, 9.17) is 9.56 Å². The fourth-order valence-electron chi connectivity index (χ4n) is 1.46. The van der Waals surface area contributed by atoms with Crippen LogP contribution in [0.15, 0.2) is 20.0 Å². The number of rotatable bonds is 5. The van der Waals surface area contributed by atoms with E-state index in [1.807, 2.05) is 13.8 Å². The van der Waals surface area contributed by atoms with Crippen LogP contribution in [0.4, 0.5) is 0 Å². The van der Waals surface area contributed by atoms with Gasteiger partial charge in [-0.2, -0.15) is 0 Å². The van der Waals surface area contributed by atoms with Crippen LogP contribution in [0.3, 0.4) is 0 Å². The summed E-state index contributed by atoms with van der Waals surface area (Å²) in [5.41, 5.74) is 0. The predicted molar refractivity (Wildman–Crippen MR) is 69.6 cm³/mol. The molecule has 8 heteroatoms. The molecule has 3 N–H and O–H groups in total. The van der Waals surface area contributed by atoms with Gasteiger partial charge < -0.3 is 9.73 Å². The maximum absolute atomic E-state index is 11.8. The molecule has 0 saturated heterocycles. The number of sulfonamides is 1. The zero-order chi connectivity index (χ0) is 13.9. The number of amides is 1. The molecule has 18 heavy (non-hydrogen) atoms. The van der Waals surface area contributed by atoms with Crippen molar-refractivity contribution in [3.63, 3.8) is 0 Å². The number of primary sulfonamides is 1.